The Balaban J connectivity index is 2.21. The molecular weight excluding hydrogens is 257 g/mol. The SMILES string of the molecule is CCCNCc1ncc(-c2ccc(F)c(F)c2F)o1. The van der Waals surface area contributed by atoms with E-state index in [1.165, 1.54) is 6.20 Å². The molecule has 0 fully saturated rings. The van der Waals surface area contributed by atoms with Gasteiger partial charge in [0.2, 0.25) is 5.89 Å². The zero-order chi connectivity index (χ0) is 13.8. The number of nitrogens with one attached hydrogen (secondary N) is 1. The van der Waals surface area contributed by atoms with Gasteiger partial charge in [-0.3, -0.25) is 0 Å². The molecule has 1 heterocycles. The van der Waals surface area contributed by atoms with E-state index >= 15 is 0 Å². The number of halogens is 3. The van der Waals surface area contributed by atoms with Crippen LogP contribution in [0.25, 0.3) is 11.3 Å². The third-order valence-corrected chi connectivity index (χ3v) is 2.56. The molecule has 6 heteroatoms. The van der Waals surface area contributed by atoms with Crippen molar-refractivity contribution in [3.8, 4) is 11.3 Å². The summed E-state index contributed by atoms with van der Waals surface area (Å²) in [5.41, 5.74) is -0.145. The first-order chi connectivity index (χ1) is 9.13. The molecule has 0 spiro atoms. The minimum Gasteiger partial charge on any atom is -0.439 e. The average molecular weight is 270 g/mol. The standard InChI is InChI=1S/C13H13F3N2O/c1-2-5-17-7-11-18-6-10(19-11)8-3-4-9(14)13(16)12(8)15/h3-4,6,17H,2,5,7H2,1H3. The molecule has 0 amide bonds. The minimum atomic E-state index is -1.51. The van der Waals surface area contributed by atoms with Crippen LogP contribution in [0.5, 0.6) is 0 Å². The highest BCUT2D eigenvalue weighted by molar-refractivity contribution is 5.57. The lowest BCUT2D eigenvalue weighted by molar-refractivity contribution is 0.442. The van der Waals surface area contributed by atoms with Crippen LogP contribution in [-0.2, 0) is 6.54 Å². The highest BCUT2D eigenvalue weighted by Crippen LogP contribution is 2.26. The first-order valence-corrected chi connectivity index (χ1v) is 5.92. The van der Waals surface area contributed by atoms with E-state index in [1.54, 1.807) is 0 Å². The molecule has 0 aliphatic carbocycles. The van der Waals surface area contributed by atoms with Crippen molar-refractivity contribution < 1.29 is 17.6 Å². The average Bonchev–Trinajstić information content (AvgIpc) is 2.85. The topological polar surface area (TPSA) is 38.1 Å². The van der Waals surface area contributed by atoms with Gasteiger partial charge in [0.25, 0.3) is 0 Å². The molecule has 0 aliphatic rings. The fourth-order valence-corrected chi connectivity index (χ4v) is 1.60. The van der Waals surface area contributed by atoms with Gasteiger partial charge in [-0.25, -0.2) is 18.2 Å². The highest BCUT2D eigenvalue weighted by Gasteiger charge is 2.17. The number of rotatable bonds is 5. The van der Waals surface area contributed by atoms with Crippen molar-refractivity contribution in [3.63, 3.8) is 0 Å². The molecule has 0 atom stereocenters. The number of benzene rings is 1. The Kier molecular flexibility index (Phi) is 4.21. The van der Waals surface area contributed by atoms with Gasteiger partial charge >= 0.3 is 0 Å². The molecule has 2 aromatic rings. The van der Waals surface area contributed by atoms with Gasteiger partial charge < -0.3 is 9.73 Å². The van der Waals surface area contributed by atoms with E-state index in [4.69, 9.17) is 4.42 Å². The summed E-state index contributed by atoms with van der Waals surface area (Å²) in [4.78, 5) is 3.95. The number of aromatic nitrogens is 1. The molecule has 0 bridgehead atoms. The van der Waals surface area contributed by atoms with Crippen LogP contribution in [0, 0.1) is 17.5 Å². The summed E-state index contributed by atoms with van der Waals surface area (Å²) in [7, 11) is 0. The summed E-state index contributed by atoms with van der Waals surface area (Å²) in [6.45, 7) is 3.22. The Bertz CT molecular complexity index is 569. The zero-order valence-corrected chi connectivity index (χ0v) is 10.3. The van der Waals surface area contributed by atoms with Gasteiger partial charge in [-0.1, -0.05) is 6.92 Å². The molecule has 1 N–H and O–H groups in total. The first-order valence-electron chi connectivity index (χ1n) is 5.92. The minimum absolute atomic E-state index is 0.0738. The maximum Gasteiger partial charge on any atom is 0.208 e. The van der Waals surface area contributed by atoms with Crippen molar-refractivity contribution in [1.82, 2.24) is 10.3 Å². The monoisotopic (exact) mass is 270 g/mol. The molecule has 0 radical (unpaired) electrons. The van der Waals surface area contributed by atoms with E-state index in [1.807, 2.05) is 6.92 Å². The van der Waals surface area contributed by atoms with Crippen molar-refractivity contribution in [2.24, 2.45) is 0 Å². The molecular formula is C13H13F3N2O. The summed E-state index contributed by atoms with van der Waals surface area (Å²) < 4.78 is 44.8. The van der Waals surface area contributed by atoms with E-state index in [0.717, 1.165) is 25.1 Å². The van der Waals surface area contributed by atoms with Gasteiger partial charge in [-0.2, -0.15) is 0 Å². The summed E-state index contributed by atoms with van der Waals surface area (Å²) in [6, 6.07) is 1.97. The predicted molar refractivity (Wildman–Crippen MR) is 63.8 cm³/mol. The predicted octanol–water partition coefficient (Wildman–Crippen LogP) is 3.26. The second-order valence-electron chi connectivity index (χ2n) is 4.02. The quantitative estimate of drug-likeness (QED) is 0.669. The number of hydrogen-bond acceptors (Lipinski definition) is 3. The van der Waals surface area contributed by atoms with Crippen molar-refractivity contribution in [2.45, 2.75) is 19.9 Å². The molecule has 0 saturated heterocycles. The largest absolute Gasteiger partial charge is 0.439 e. The highest BCUT2D eigenvalue weighted by atomic mass is 19.2. The molecule has 3 nitrogen and oxygen atoms in total. The second-order valence-corrected chi connectivity index (χ2v) is 4.02. The molecule has 1 aromatic heterocycles. The van der Waals surface area contributed by atoms with Gasteiger partial charge in [0.1, 0.15) is 0 Å². The van der Waals surface area contributed by atoms with Crippen molar-refractivity contribution in [1.29, 1.82) is 0 Å². The molecule has 0 aliphatic heterocycles. The van der Waals surface area contributed by atoms with Crippen LogP contribution in [-0.4, -0.2) is 11.5 Å². The van der Waals surface area contributed by atoms with E-state index in [2.05, 4.69) is 10.3 Å². The summed E-state index contributed by atoms with van der Waals surface area (Å²) >= 11 is 0. The van der Waals surface area contributed by atoms with Crippen LogP contribution in [0.4, 0.5) is 13.2 Å². The van der Waals surface area contributed by atoms with Crippen LogP contribution in [0.15, 0.2) is 22.7 Å². The lowest BCUT2D eigenvalue weighted by Crippen LogP contribution is -2.13. The Labute approximate surface area is 108 Å². The number of nitrogens with zero attached hydrogens (tertiary/aromatic N) is 1. The summed E-state index contributed by atoms with van der Waals surface area (Å²) in [5, 5.41) is 3.07. The molecule has 0 saturated carbocycles. The third-order valence-electron chi connectivity index (χ3n) is 2.56. The van der Waals surface area contributed by atoms with Crippen LogP contribution in [0.3, 0.4) is 0 Å². The first kappa shape index (κ1) is 13.6. The number of hydrogen-bond donors (Lipinski definition) is 1. The van der Waals surface area contributed by atoms with Crippen LogP contribution in [0.1, 0.15) is 19.2 Å². The molecule has 0 unspecified atom stereocenters. The zero-order valence-electron chi connectivity index (χ0n) is 10.3. The van der Waals surface area contributed by atoms with Gasteiger partial charge in [-0.05, 0) is 25.1 Å². The van der Waals surface area contributed by atoms with Crippen LogP contribution < -0.4 is 5.32 Å². The van der Waals surface area contributed by atoms with Crippen molar-refractivity contribution in [2.75, 3.05) is 6.54 Å². The Morgan fingerprint density at radius 2 is 2.00 bits per heavy atom. The van der Waals surface area contributed by atoms with Gasteiger partial charge in [0, 0.05) is 0 Å². The fourth-order valence-electron chi connectivity index (χ4n) is 1.60. The van der Waals surface area contributed by atoms with E-state index in [9.17, 15) is 13.2 Å². The lowest BCUT2D eigenvalue weighted by atomic mass is 10.1. The van der Waals surface area contributed by atoms with Crippen LogP contribution in [0.2, 0.25) is 0 Å². The van der Waals surface area contributed by atoms with Crippen molar-refractivity contribution in [3.05, 3.63) is 41.7 Å². The van der Waals surface area contributed by atoms with E-state index in [0.29, 0.717) is 12.4 Å². The van der Waals surface area contributed by atoms with Crippen LogP contribution >= 0.6 is 0 Å². The molecule has 102 valence electrons. The Hall–Kier alpha value is -1.82. The fraction of sp³-hybridized carbons (Fsp3) is 0.308. The number of oxazole rings is 1. The lowest BCUT2D eigenvalue weighted by Gasteiger charge is -2.01. The third kappa shape index (κ3) is 2.96. The van der Waals surface area contributed by atoms with Gasteiger partial charge in [0.05, 0.1) is 18.3 Å². The summed E-state index contributed by atoms with van der Waals surface area (Å²) in [5.74, 6) is -3.58. The second kappa shape index (κ2) is 5.88. The van der Waals surface area contributed by atoms with Gasteiger partial charge in [-0.15, -0.1) is 0 Å². The van der Waals surface area contributed by atoms with E-state index in [-0.39, 0.29) is 11.3 Å². The molecule has 19 heavy (non-hydrogen) atoms. The Morgan fingerprint density at radius 3 is 2.74 bits per heavy atom. The maximum atomic E-state index is 13.5. The molecule has 1 aromatic carbocycles. The molecule has 2 rings (SSSR count). The van der Waals surface area contributed by atoms with Gasteiger partial charge in [0.15, 0.2) is 23.2 Å². The Morgan fingerprint density at radius 1 is 1.21 bits per heavy atom. The maximum absolute atomic E-state index is 13.5. The smallest absolute Gasteiger partial charge is 0.208 e. The normalized spacial score (nSPS) is 10.9. The summed E-state index contributed by atoms with van der Waals surface area (Å²) in [6.07, 6.45) is 2.25. The van der Waals surface area contributed by atoms with E-state index < -0.39 is 17.5 Å². The van der Waals surface area contributed by atoms with Crippen molar-refractivity contribution >= 4 is 0 Å².